The van der Waals surface area contributed by atoms with Crippen molar-refractivity contribution >= 4 is 5.91 Å². The van der Waals surface area contributed by atoms with Crippen molar-refractivity contribution in [2.75, 3.05) is 40.0 Å². The molecule has 0 atom stereocenters. The number of amides is 1. The van der Waals surface area contributed by atoms with Crippen LogP contribution in [0.3, 0.4) is 0 Å². The smallest absolute Gasteiger partial charge is 0.217 e. The van der Waals surface area contributed by atoms with Gasteiger partial charge in [-0.1, -0.05) is 0 Å². The predicted octanol–water partition coefficient (Wildman–Crippen LogP) is -0.105. The van der Waals surface area contributed by atoms with Crippen LogP contribution in [0.1, 0.15) is 19.3 Å². The molecule has 0 aliphatic heterocycles. The minimum atomic E-state index is -0.243. The average molecular weight is 218 g/mol. The first kappa shape index (κ1) is 14.3. The molecule has 0 bridgehead atoms. The van der Waals surface area contributed by atoms with Crippen LogP contribution in [0.2, 0.25) is 0 Å². The second-order valence-electron chi connectivity index (χ2n) is 3.28. The first-order valence-electron chi connectivity index (χ1n) is 5.33. The van der Waals surface area contributed by atoms with Gasteiger partial charge >= 0.3 is 0 Å². The van der Waals surface area contributed by atoms with E-state index >= 15 is 0 Å². The van der Waals surface area contributed by atoms with Gasteiger partial charge in [-0.05, 0) is 19.4 Å². The molecule has 0 saturated carbocycles. The molecule has 0 heterocycles. The van der Waals surface area contributed by atoms with Crippen LogP contribution in [0, 0.1) is 0 Å². The quantitative estimate of drug-likeness (QED) is 0.475. The fourth-order valence-electron chi connectivity index (χ4n) is 1.06. The first-order valence-corrected chi connectivity index (χ1v) is 5.33. The molecule has 0 spiro atoms. The van der Waals surface area contributed by atoms with Crippen LogP contribution in [0.5, 0.6) is 0 Å². The molecule has 0 fully saturated rings. The van der Waals surface area contributed by atoms with E-state index in [2.05, 4.69) is 5.32 Å². The SMILES string of the molecule is COCCCOCCNCCCC(N)=O. The molecule has 0 unspecified atom stereocenters. The summed E-state index contributed by atoms with van der Waals surface area (Å²) in [4.78, 5) is 10.4. The van der Waals surface area contributed by atoms with Crippen LogP contribution in [0.15, 0.2) is 0 Å². The van der Waals surface area contributed by atoms with Gasteiger partial charge in [-0.25, -0.2) is 0 Å². The van der Waals surface area contributed by atoms with Crippen molar-refractivity contribution in [3.63, 3.8) is 0 Å². The number of hydrogen-bond donors (Lipinski definition) is 2. The fraction of sp³-hybridized carbons (Fsp3) is 0.900. The highest BCUT2D eigenvalue weighted by Crippen LogP contribution is 1.85. The summed E-state index contributed by atoms with van der Waals surface area (Å²) in [5.41, 5.74) is 5.00. The number of nitrogens with two attached hydrogens (primary N) is 1. The van der Waals surface area contributed by atoms with Crippen LogP contribution < -0.4 is 11.1 Å². The zero-order valence-corrected chi connectivity index (χ0v) is 9.46. The van der Waals surface area contributed by atoms with Crippen LogP contribution >= 0.6 is 0 Å². The van der Waals surface area contributed by atoms with Crippen LogP contribution in [-0.2, 0) is 14.3 Å². The van der Waals surface area contributed by atoms with Crippen molar-refractivity contribution in [2.24, 2.45) is 5.73 Å². The van der Waals surface area contributed by atoms with Gasteiger partial charge in [0.15, 0.2) is 0 Å². The van der Waals surface area contributed by atoms with Crippen LogP contribution in [0.25, 0.3) is 0 Å². The lowest BCUT2D eigenvalue weighted by molar-refractivity contribution is -0.118. The Morgan fingerprint density at radius 1 is 1.20 bits per heavy atom. The van der Waals surface area contributed by atoms with Gasteiger partial charge in [0.05, 0.1) is 6.61 Å². The summed E-state index contributed by atoms with van der Waals surface area (Å²) in [6.07, 6.45) is 2.17. The number of methoxy groups -OCH3 is 1. The number of rotatable bonds is 11. The molecule has 90 valence electrons. The van der Waals surface area contributed by atoms with Gasteiger partial charge < -0.3 is 20.5 Å². The number of primary amides is 1. The van der Waals surface area contributed by atoms with E-state index in [4.69, 9.17) is 15.2 Å². The van der Waals surface area contributed by atoms with E-state index in [0.29, 0.717) is 13.0 Å². The summed E-state index contributed by atoms with van der Waals surface area (Å²) in [7, 11) is 1.68. The molecule has 3 N–H and O–H groups in total. The third-order valence-electron chi connectivity index (χ3n) is 1.84. The molecule has 0 radical (unpaired) electrons. The van der Waals surface area contributed by atoms with Gasteiger partial charge in [0.1, 0.15) is 0 Å². The number of ether oxygens (including phenoxy) is 2. The summed E-state index contributed by atoms with van der Waals surface area (Å²) >= 11 is 0. The molecule has 0 aromatic heterocycles. The summed E-state index contributed by atoms with van der Waals surface area (Å²) in [6, 6.07) is 0. The molecule has 0 aromatic rings. The fourth-order valence-corrected chi connectivity index (χ4v) is 1.06. The lowest BCUT2D eigenvalue weighted by Crippen LogP contribution is -2.22. The molecule has 0 rings (SSSR count). The molecule has 0 aliphatic carbocycles. The summed E-state index contributed by atoms with van der Waals surface area (Å²) in [5.74, 6) is -0.243. The molecular formula is C10H22N2O3. The number of nitrogens with one attached hydrogen (secondary N) is 1. The second kappa shape index (κ2) is 11.4. The largest absolute Gasteiger partial charge is 0.385 e. The van der Waals surface area contributed by atoms with E-state index in [1.54, 1.807) is 7.11 Å². The van der Waals surface area contributed by atoms with Gasteiger partial charge in [0.25, 0.3) is 0 Å². The molecule has 0 saturated heterocycles. The van der Waals surface area contributed by atoms with Gasteiger partial charge in [-0.3, -0.25) is 4.79 Å². The van der Waals surface area contributed by atoms with E-state index in [-0.39, 0.29) is 5.91 Å². The number of carbonyl (C=O) groups is 1. The molecule has 15 heavy (non-hydrogen) atoms. The zero-order valence-electron chi connectivity index (χ0n) is 9.46. The van der Waals surface area contributed by atoms with Gasteiger partial charge in [0, 0.05) is 33.3 Å². The Hall–Kier alpha value is -0.650. The lowest BCUT2D eigenvalue weighted by atomic mass is 10.3. The van der Waals surface area contributed by atoms with Crippen molar-refractivity contribution < 1.29 is 14.3 Å². The van der Waals surface area contributed by atoms with Gasteiger partial charge in [-0.15, -0.1) is 0 Å². The van der Waals surface area contributed by atoms with E-state index in [1.807, 2.05) is 0 Å². The summed E-state index contributed by atoms with van der Waals surface area (Å²) in [6.45, 7) is 3.79. The van der Waals surface area contributed by atoms with Crippen LogP contribution in [-0.4, -0.2) is 45.9 Å². The van der Waals surface area contributed by atoms with E-state index < -0.39 is 0 Å². The molecule has 5 nitrogen and oxygen atoms in total. The van der Waals surface area contributed by atoms with Crippen molar-refractivity contribution in [3.05, 3.63) is 0 Å². The maximum absolute atomic E-state index is 10.4. The minimum absolute atomic E-state index is 0.243. The lowest BCUT2D eigenvalue weighted by Gasteiger charge is -2.05. The highest BCUT2D eigenvalue weighted by Gasteiger charge is 1.93. The van der Waals surface area contributed by atoms with E-state index in [0.717, 1.165) is 39.1 Å². The molecule has 0 aliphatic rings. The molecular weight excluding hydrogens is 196 g/mol. The highest BCUT2D eigenvalue weighted by molar-refractivity contribution is 5.73. The van der Waals surface area contributed by atoms with Crippen molar-refractivity contribution in [3.8, 4) is 0 Å². The molecule has 0 aromatic carbocycles. The second-order valence-corrected chi connectivity index (χ2v) is 3.28. The molecule has 1 amide bonds. The Kier molecular flexibility index (Phi) is 10.9. The van der Waals surface area contributed by atoms with Crippen molar-refractivity contribution in [2.45, 2.75) is 19.3 Å². The normalized spacial score (nSPS) is 10.5. The average Bonchev–Trinajstić information content (AvgIpc) is 2.20. The third kappa shape index (κ3) is 13.3. The number of carbonyl (C=O) groups excluding carboxylic acids is 1. The van der Waals surface area contributed by atoms with Crippen LogP contribution in [0.4, 0.5) is 0 Å². The minimum Gasteiger partial charge on any atom is -0.385 e. The Bertz CT molecular complexity index is 154. The Morgan fingerprint density at radius 3 is 2.67 bits per heavy atom. The maximum Gasteiger partial charge on any atom is 0.217 e. The highest BCUT2D eigenvalue weighted by atomic mass is 16.5. The van der Waals surface area contributed by atoms with Crippen molar-refractivity contribution in [1.29, 1.82) is 0 Å². The van der Waals surface area contributed by atoms with E-state index in [1.165, 1.54) is 0 Å². The van der Waals surface area contributed by atoms with Crippen molar-refractivity contribution in [1.82, 2.24) is 5.32 Å². The van der Waals surface area contributed by atoms with Gasteiger partial charge in [0.2, 0.25) is 5.91 Å². The zero-order chi connectivity index (χ0) is 11.4. The third-order valence-corrected chi connectivity index (χ3v) is 1.84. The summed E-state index contributed by atoms with van der Waals surface area (Å²) in [5, 5.41) is 3.17. The topological polar surface area (TPSA) is 73.6 Å². The Labute approximate surface area is 91.3 Å². The maximum atomic E-state index is 10.4. The Morgan fingerprint density at radius 2 is 2.00 bits per heavy atom. The van der Waals surface area contributed by atoms with Gasteiger partial charge in [-0.2, -0.15) is 0 Å². The monoisotopic (exact) mass is 218 g/mol. The number of hydrogen-bond acceptors (Lipinski definition) is 4. The first-order chi connectivity index (χ1) is 7.27. The summed E-state index contributed by atoms with van der Waals surface area (Å²) < 4.78 is 10.2. The Balaban J connectivity index is 2.89. The predicted molar refractivity (Wildman–Crippen MR) is 58.6 cm³/mol. The molecule has 5 heteroatoms. The van der Waals surface area contributed by atoms with E-state index in [9.17, 15) is 4.79 Å². The standard InChI is InChI=1S/C10H22N2O3/c1-14-7-3-8-15-9-6-12-5-2-4-10(11)13/h12H,2-9H2,1H3,(H2,11,13).